The second kappa shape index (κ2) is 4.40. The first kappa shape index (κ1) is 12.0. The van der Waals surface area contributed by atoms with E-state index in [9.17, 15) is 13.9 Å². The zero-order valence-corrected chi connectivity index (χ0v) is 9.11. The minimum Gasteiger partial charge on any atom is -0.508 e. The third-order valence-corrected chi connectivity index (χ3v) is 2.36. The number of nitrogen functional groups attached to an aromatic ring is 1. The summed E-state index contributed by atoms with van der Waals surface area (Å²) in [5.74, 6) is -2.30. The fourth-order valence-corrected chi connectivity index (χ4v) is 1.44. The molecule has 0 aromatic heterocycles. The molecule has 0 aliphatic carbocycles. The quantitative estimate of drug-likeness (QED) is 0.376. The van der Waals surface area contributed by atoms with Crippen LogP contribution in [0.25, 0.3) is 0 Å². The first-order chi connectivity index (χ1) is 8.49. The molecule has 0 radical (unpaired) electrons. The number of aromatic hydroxyl groups is 2. The van der Waals surface area contributed by atoms with E-state index in [1.165, 1.54) is 24.3 Å². The fourth-order valence-electron chi connectivity index (χ4n) is 1.44. The Morgan fingerprint density at radius 2 is 1.78 bits per heavy atom. The van der Waals surface area contributed by atoms with Crippen molar-refractivity contribution in [1.82, 2.24) is 0 Å². The largest absolute Gasteiger partial charge is 0.508 e. The Labute approximate surface area is 101 Å². The molecule has 2 aromatic rings. The van der Waals surface area contributed by atoms with Crippen LogP contribution in [0.4, 0.5) is 25.8 Å². The van der Waals surface area contributed by atoms with Gasteiger partial charge in [0.15, 0.2) is 5.82 Å². The standard InChI is InChI=1S/C12H10F2N2O2/c13-7-5-6(17)1-3-9(7)16-12-10(18)4-2-8(15)11(12)14/h1-5,16-18H,15H2. The molecule has 94 valence electrons. The van der Waals surface area contributed by atoms with Gasteiger partial charge >= 0.3 is 0 Å². The summed E-state index contributed by atoms with van der Waals surface area (Å²) in [5.41, 5.74) is 4.76. The van der Waals surface area contributed by atoms with Crippen LogP contribution in [0.2, 0.25) is 0 Å². The normalized spacial score (nSPS) is 10.3. The molecular formula is C12H10F2N2O2. The summed E-state index contributed by atoms with van der Waals surface area (Å²) in [6.07, 6.45) is 0. The number of phenols is 2. The lowest BCUT2D eigenvalue weighted by Gasteiger charge is -2.11. The third kappa shape index (κ3) is 2.13. The van der Waals surface area contributed by atoms with Crippen LogP contribution in [0.15, 0.2) is 30.3 Å². The number of anilines is 3. The summed E-state index contributed by atoms with van der Waals surface area (Å²) in [6.45, 7) is 0. The molecule has 0 amide bonds. The van der Waals surface area contributed by atoms with Gasteiger partial charge < -0.3 is 21.3 Å². The lowest BCUT2D eigenvalue weighted by atomic mass is 10.2. The van der Waals surface area contributed by atoms with Gasteiger partial charge in [0.2, 0.25) is 0 Å². The van der Waals surface area contributed by atoms with E-state index in [1.807, 2.05) is 0 Å². The lowest BCUT2D eigenvalue weighted by Crippen LogP contribution is -2.00. The highest BCUT2D eigenvalue weighted by Crippen LogP contribution is 2.33. The Morgan fingerprint density at radius 1 is 1.06 bits per heavy atom. The van der Waals surface area contributed by atoms with Gasteiger partial charge in [0.25, 0.3) is 0 Å². The topological polar surface area (TPSA) is 78.5 Å². The molecule has 0 spiro atoms. The van der Waals surface area contributed by atoms with Gasteiger partial charge in [-0.25, -0.2) is 8.78 Å². The van der Waals surface area contributed by atoms with Crippen LogP contribution in [0, 0.1) is 11.6 Å². The summed E-state index contributed by atoms with van der Waals surface area (Å²) in [7, 11) is 0. The van der Waals surface area contributed by atoms with Crippen molar-refractivity contribution in [2.45, 2.75) is 0 Å². The number of nitrogens with one attached hydrogen (secondary N) is 1. The van der Waals surface area contributed by atoms with Crippen molar-refractivity contribution in [3.8, 4) is 11.5 Å². The Hall–Kier alpha value is -2.50. The van der Waals surface area contributed by atoms with Crippen LogP contribution >= 0.6 is 0 Å². The molecule has 0 unspecified atom stereocenters. The SMILES string of the molecule is Nc1ccc(O)c(Nc2ccc(O)cc2F)c1F. The fraction of sp³-hybridized carbons (Fsp3) is 0. The second-order valence-corrected chi connectivity index (χ2v) is 3.65. The molecule has 2 aromatic carbocycles. The second-order valence-electron chi connectivity index (χ2n) is 3.65. The monoisotopic (exact) mass is 252 g/mol. The van der Waals surface area contributed by atoms with Crippen LogP contribution in [0.5, 0.6) is 11.5 Å². The number of phenolic OH excluding ortho intramolecular Hbond substituents is 2. The third-order valence-electron chi connectivity index (χ3n) is 2.36. The van der Waals surface area contributed by atoms with Crippen LogP contribution < -0.4 is 11.1 Å². The average molecular weight is 252 g/mol. The molecule has 18 heavy (non-hydrogen) atoms. The number of benzene rings is 2. The number of nitrogens with two attached hydrogens (primary N) is 1. The molecule has 2 rings (SSSR count). The molecule has 0 atom stereocenters. The van der Waals surface area contributed by atoms with Crippen molar-refractivity contribution in [1.29, 1.82) is 0 Å². The first-order valence-corrected chi connectivity index (χ1v) is 5.01. The highest BCUT2D eigenvalue weighted by Gasteiger charge is 2.13. The predicted octanol–water partition coefficient (Wildman–Crippen LogP) is 2.70. The van der Waals surface area contributed by atoms with Gasteiger partial charge in [-0.05, 0) is 24.3 Å². The van der Waals surface area contributed by atoms with E-state index < -0.39 is 17.4 Å². The molecule has 0 saturated carbocycles. The number of hydrogen-bond donors (Lipinski definition) is 4. The molecule has 0 aliphatic heterocycles. The Bertz CT molecular complexity index is 603. The number of halogens is 2. The van der Waals surface area contributed by atoms with Gasteiger partial charge in [0.1, 0.15) is 23.0 Å². The zero-order valence-electron chi connectivity index (χ0n) is 9.11. The molecule has 5 N–H and O–H groups in total. The van der Waals surface area contributed by atoms with Crippen LogP contribution in [0.3, 0.4) is 0 Å². The smallest absolute Gasteiger partial charge is 0.173 e. The van der Waals surface area contributed by atoms with Gasteiger partial charge in [-0.1, -0.05) is 0 Å². The maximum absolute atomic E-state index is 13.6. The van der Waals surface area contributed by atoms with E-state index in [4.69, 9.17) is 10.8 Å². The van der Waals surface area contributed by atoms with E-state index in [2.05, 4.69) is 5.32 Å². The van der Waals surface area contributed by atoms with E-state index in [1.54, 1.807) is 0 Å². The molecule has 0 aliphatic rings. The van der Waals surface area contributed by atoms with Crippen LogP contribution in [-0.2, 0) is 0 Å². The summed E-state index contributed by atoms with van der Waals surface area (Å²) >= 11 is 0. The van der Waals surface area contributed by atoms with E-state index in [0.717, 1.165) is 6.07 Å². The van der Waals surface area contributed by atoms with Gasteiger partial charge in [-0.2, -0.15) is 0 Å². The van der Waals surface area contributed by atoms with E-state index in [0.29, 0.717) is 0 Å². The molecule has 0 bridgehead atoms. The molecular weight excluding hydrogens is 242 g/mol. The van der Waals surface area contributed by atoms with Gasteiger partial charge in [0.05, 0.1) is 11.4 Å². The highest BCUT2D eigenvalue weighted by atomic mass is 19.1. The zero-order chi connectivity index (χ0) is 13.3. The van der Waals surface area contributed by atoms with Crippen molar-refractivity contribution in [2.24, 2.45) is 0 Å². The summed E-state index contributed by atoms with van der Waals surface area (Å²) in [4.78, 5) is 0. The number of hydrogen-bond acceptors (Lipinski definition) is 4. The van der Waals surface area contributed by atoms with Crippen molar-refractivity contribution in [3.05, 3.63) is 42.0 Å². The molecule has 0 fully saturated rings. The van der Waals surface area contributed by atoms with Gasteiger partial charge in [-0.3, -0.25) is 0 Å². The molecule has 0 heterocycles. The predicted molar refractivity (Wildman–Crippen MR) is 63.8 cm³/mol. The summed E-state index contributed by atoms with van der Waals surface area (Å²) < 4.78 is 27.1. The van der Waals surface area contributed by atoms with E-state index in [-0.39, 0.29) is 22.8 Å². The van der Waals surface area contributed by atoms with Gasteiger partial charge in [0, 0.05) is 6.07 Å². The Morgan fingerprint density at radius 3 is 2.44 bits per heavy atom. The van der Waals surface area contributed by atoms with Crippen molar-refractivity contribution >= 4 is 17.1 Å². The molecule has 6 heteroatoms. The Balaban J connectivity index is 2.43. The van der Waals surface area contributed by atoms with Gasteiger partial charge in [-0.15, -0.1) is 0 Å². The minimum atomic E-state index is -0.873. The van der Waals surface area contributed by atoms with Crippen LogP contribution in [-0.4, -0.2) is 10.2 Å². The molecule has 0 saturated heterocycles. The maximum Gasteiger partial charge on any atom is 0.173 e. The minimum absolute atomic E-state index is 0.0902. The van der Waals surface area contributed by atoms with Crippen molar-refractivity contribution in [2.75, 3.05) is 11.1 Å². The number of rotatable bonds is 2. The van der Waals surface area contributed by atoms with E-state index >= 15 is 0 Å². The summed E-state index contributed by atoms with van der Waals surface area (Å²) in [6, 6.07) is 5.70. The summed E-state index contributed by atoms with van der Waals surface area (Å²) in [5, 5.41) is 20.9. The highest BCUT2D eigenvalue weighted by molar-refractivity contribution is 5.71. The first-order valence-electron chi connectivity index (χ1n) is 5.01. The van der Waals surface area contributed by atoms with Crippen molar-refractivity contribution < 1.29 is 19.0 Å². The maximum atomic E-state index is 13.6. The Kier molecular flexibility index (Phi) is 2.93. The lowest BCUT2D eigenvalue weighted by molar-refractivity contribution is 0.469. The molecule has 4 nitrogen and oxygen atoms in total. The van der Waals surface area contributed by atoms with Crippen LogP contribution in [0.1, 0.15) is 0 Å². The van der Waals surface area contributed by atoms with Crippen molar-refractivity contribution in [3.63, 3.8) is 0 Å². The average Bonchev–Trinajstić information content (AvgIpc) is 2.32.